The van der Waals surface area contributed by atoms with Gasteiger partial charge < -0.3 is 10.1 Å². The number of hydrogen-bond acceptors (Lipinski definition) is 5. The number of aromatic nitrogens is 2. The van der Waals surface area contributed by atoms with Crippen molar-refractivity contribution in [2.24, 2.45) is 0 Å². The fourth-order valence-corrected chi connectivity index (χ4v) is 3.05. The second-order valence-electron chi connectivity index (χ2n) is 6.10. The smallest absolute Gasteiger partial charge is 0.359 e. The number of anilines is 1. The van der Waals surface area contributed by atoms with Gasteiger partial charge in [0, 0.05) is 22.1 Å². The van der Waals surface area contributed by atoms with Gasteiger partial charge in [0.15, 0.2) is 12.3 Å². The molecule has 0 saturated heterocycles. The Morgan fingerprint density at radius 1 is 1.18 bits per heavy atom. The van der Waals surface area contributed by atoms with Crippen LogP contribution in [0.1, 0.15) is 23.0 Å². The van der Waals surface area contributed by atoms with Crippen molar-refractivity contribution in [3.63, 3.8) is 0 Å². The van der Waals surface area contributed by atoms with Gasteiger partial charge in [-0.15, -0.1) is 0 Å². The van der Waals surface area contributed by atoms with Gasteiger partial charge in [0.25, 0.3) is 11.5 Å². The minimum absolute atomic E-state index is 0.00271. The predicted octanol–water partition coefficient (Wildman–Crippen LogP) is 3.28. The number of carbonyl (C=O) groups excluding carboxylic acids is 2. The molecule has 0 radical (unpaired) electrons. The van der Waals surface area contributed by atoms with E-state index in [2.05, 4.69) is 26.3 Å². The molecule has 0 aliphatic heterocycles. The average molecular weight is 444 g/mol. The molecule has 7 nitrogen and oxygen atoms in total. The number of hydrogen-bond donors (Lipinski definition) is 1. The second-order valence-corrected chi connectivity index (χ2v) is 6.96. The molecule has 1 N–H and O–H groups in total. The summed E-state index contributed by atoms with van der Waals surface area (Å²) in [6.45, 7) is 3.54. The summed E-state index contributed by atoms with van der Waals surface area (Å²) >= 11 is 3.40. The quantitative estimate of drug-likeness (QED) is 0.610. The summed E-state index contributed by atoms with van der Waals surface area (Å²) < 4.78 is 7.18. The Morgan fingerprint density at radius 2 is 1.89 bits per heavy atom. The molecule has 3 rings (SSSR count). The lowest BCUT2D eigenvalue weighted by atomic mass is 10.1. The van der Waals surface area contributed by atoms with Gasteiger partial charge in [0.2, 0.25) is 0 Å². The van der Waals surface area contributed by atoms with Crippen molar-refractivity contribution >= 4 is 44.3 Å². The summed E-state index contributed by atoms with van der Waals surface area (Å²) in [5, 5.41) is 7.53. The van der Waals surface area contributed by atoms with Gasteiger partial charge in [0.05, 0.1) is 5.39 Å². The summed E-state index contributed by atoms with van der Waals surface area (Å²) in [7, 11) is 0. The lowest BCUT2D eigenvalue weighted by Crippen LogP contribution is -2.27. The fourth-order valence-electron chi connectivity index (χ4n) is 2.67. The Bertz CT molecular complexity index is 1120. The Balaban J connectivity index is 1.76. The van der Waals surface area contributed by atoms with Crippen molar-refractivity contribution in [1.29, 1.82) is 0 Å². The highest BCUT2D eigenvalue weighted by atomic mass is 79.9. The van der Waals surface area contributed by atoms with E-state index in [-0.39, 0.29) is 11.3 Å². The number of fused-ring (bicyclic) bond motifs is 1. The van der Waals surface area contributed by atoms with Crippen LogP contribution in [0.3, 0.4) is 0 Å². The van der Waals surface area contributed by atoms with Crippen LogP contribution in [0.5, 0.6) is 0 Å². The SMILES string of the molecule is CCn1nc(C(=O)OCC(=O)Nc2ccc(C)c(Br)c2)c2ccccc2c1=O. The number of esters is 1. The topological polar surface area (TPSA) is 90.3 Å². The second kappa shape index (κ2) is 8.35. The van der Waals surface area contributed by atoms with Gasteiger partial charge in [0.1, 0.15) is 0 Å². The van der Waals surface area contributed by atoms with Crippen LogP contribution in [0.15, 0.2) is 51.7 Å². The lowest BCUT2D eigenvalue weighted by Gasteiger charge is -2.10. The summed E-state index contributed by atoms with van der Waals surface area (Å²) in [5.74, 6) is -1.24. The Hall–Kier alpha value is -3.00. The molecular weight excluding hydrogens is 426 g/mol. The zero-order chi connectivity index (χ0) is 20.3. The highest BCUT2D eigenvalue weighted by Crippen LogP contribution is 2.20. The van der Waals surface area contributed by atoms with Crippen molar-refractivity contribution in [1.82, 2.24) is 9.78 Å². The number of ether oxygens (including phenoxy) is 1. The maximum Gasteiger partial charge on any atom is 0.359 e. The van der Waals surface area contributed by atoms with E-state index in [1.165, 1.54) is 4.68 Å². The van der Waals surface area contributed by atoms with Crippen LogP contribution in [-0.4, -0.2) is 28.3 Å². The molecule has 0 spiro atoms. The van der Waals surface area contributed by atoms with E-state index in [0.29, 0.717) is 23.0 Å². The number of benzene rings is 2. The van der Waals surface area contributed by atoms with E-state index in [0.717, 1.165) is 10.0 Å². The monoisotopic (exact) mass is 443 g/mol. The summed E-state index contributed by atoms with van der Waals surface area (Å²) in [5.41, 5.74) is 1.34. The number of amides is 1. The minimum atomic E-state index is -0.765. The van der Waals surface area contributed by atoms with Crippen LogP contribution in [0.2, 0.25) is 0 Å². The van der Waals surface area contributed by atoms with Crippen LogP contribution in [-0.2, 0) is 16.1 Å². The molecule has 2 aromatic carbocycles. The number of halogens is 1. The fraction of sp³-hybridized carbons (Fsp3) is 0.200. The number of nitrogens with zero attached hydrogens (tertiary/aromatic N) is 2. The first-order valence-corrected chi connectivity index (χ1v) is 9.43. The van der Waals surface area contributed by atoms with Gasteiger partial charge in [-0.25, -0.2) is 9.48 Å². The highest BCUT2D eigenvalue weighted by Gasteiger charge is 2.18. The van der Waals surface area contributed by atoms with E-state index in [1.54, 1.807) is 43.3 Å². The first-order chi connectivity index (χ1) is 13.4. The normalized spacial score (nSPS) is 10.7. The van der Waals surface area contributed by atoms with Crippen molar-refractivity contribution in [3.05, 3.63) is 68.5 Å². The molecule has 1 heterocycles. The zero-order valence-corrected chi connectivity index (χ0v) is 16.9. The molecule has 28 heavy (non-hydrogen) atoms. The molecule has 0 aliphatic rings. The standard InChI is InChI=1S/C20H18BrN3O4/c1-3-24-19(26)15-7-5-4-6-14(15)18(23-24)20(27)28-11-17(25)22-13-9-8-12(2)16(21)10-13/h4-10H,3,11H2,1-2H3,(H,22,25). The molecule has 0 aliphatic carbocycles. The van der Waals surface area contributed by atoms with Crippen LogP contribution in [0.4, 0.5) is 5.69 Å². The van der Waals surface area contributed by atoms with Crippen molar-refractivity contribution < 1.29 is 14.3 Å². The Morgan fingerprint density at radius 3 is 2.57 bits per heavy atom. The van der Waals surface area contributed by atoms with E-state index >= 15 is 0 Å². The number of nitrogens with one attached hydrogen (secondary N) is 1. The third kappa shape index (κ3) is 4.12. The van der Waals surface area contributed by atoms with Crippen molar-refractivity contribution in [3.8, 4) is 0 Å². The van der Waals surface area contributed by atoms with Crippen LogP contribution >= 0.6 is 15.9 Å². The Labute approximate surface area is 169 Å². The third-order valence-electron chi connectivity index (χ3n) is 4.15. The number of carbonyl (C=O) groups is 2. The zero-order valence-electron chi connectivity index (χ0n) is 15.4. The van der Waals surface area contributed by atoms with E-state index < -0.39 is 18.5 Å². The first-order valence-electron chi connectivity index (χ1n) is 8.63. The van der Waals surface area contributed by atoms with Crippen LogP contribution in [0.25, 0.3) is 10.8 Å². The van der Waals surface area contributed by atoms with Gasteiger partial charge in [-0.1, -0.05) is 40.2 Å². The minimum Gasteiger partial charge on any atom is -0.451 e. The van der Waals surface area contributed by atoms with E-state index in [4.69, 9.17) is 4.74 Å². The maximum atomic E-state index is 12.5. The lowest BCUT2D eigenvalue weighted by molar-refractivity contribution is -0.119. The molecular formula is C20H18BrN3O4. The van der Waals surface area contributed by atoms with Crippen molar-refractivity contribution in [2.45, 2.75) is 20.4 Å². The Kier molecular flexibility index (Phi) is 5.89. The van der Waals surface area contributed by atoms with Gasteiger partial charge in [-0.3, -0.25) is 9.59 Å². The maximum absolute atomic E-state index is 12.5. The van der Waals surface area contributed by atoms with Crippen LogP contribution < -0.4 is 10.9 Å². The summed E-state index contributed by atoms with van der Waals surface area (Å²) in [4.78, 5) is 36.9. The molecule has 8 heteroatoms. The molecule has 0 unspecified atom stereocenters. The molecule has 144 valence electrons. The van der Waals surface area contributed by atoms with E-state index in [9.17, 15) is 14.4 Å². The molecule has 0 bridgehead atoms. The number of aryl methyl sites for hydroxylation is 2. The average Bonchev–Trinajstić information content (AvgIpc) is 2.69. The van der Waals surface area contributed by atoms with Gasteiger partial charge in [-0.2, -0.15) is 5.10 Å². The largest absolute Gasteiger partial charge is 0.451 e. The highest BCUT2D eigenvalue weighted by molar-refractivity contribution is 9.10. The van der Waals surface area contributed by atoms with E-state index in [1.807, 2.05) is 13.0 Å². The van der Waals surface area contributed by atoms with Gasteiger partial charge in [-0.05, 0) is 37.6 Å². The predicted molar refractivity (Wildman–Crippen MR) is 109 cm³/mol. The molecule has 1 amide bonds. The summed E-state index contributed by atoms with van der Waals surface area (Å²) in [6.07, 6.45) is 0. The first kappa shape index (κ1) is 19.8. The molecule has 0 fully saturated rings. The van der Waals surface area contributed by atoms with Crippen LogP contribution in [0, 0.1) is 6.92 Å². The third-order valence-corrected chi connectivity index (χ3v) is 5.00. The molecule has 0 saturated carbocycles. The van der Waals surface area contributed by atoms with Crippen molar-refractivity contribution in [2.75, 3.05) is 11.9 Å². The molecule has 1 aromatic heterocycles. The molecule has 3 aromatic rings. The molecule has 0 atom stereocenters. The van der Waals surface area contributed by atoms with Gasteiger partial charge >= 0.3 is 5.97 Å². The number of rotatable bonds is 5. The summed E-state index contributed by atoms with van der Waals surface area (Å²) in [6, 6.07) is 12.1.